The molecule has 1 saturated carbocycles. The number of phosphoric ester groups is 2. The Hall–Kier alpha value is -2.12. The van der Waals surface area contributed by atoms with E-state index in [1.165, 1.54) is 83.5 Å². The van der Waals surface area contributed by atoms with E-state index in [2.05, 4.69) is 54.8 Å². The van der Waals surface area contributed by atoms with Gasteiger partial charge in [-0.1, -0.05) is 165 Å². The number of aliphatic hydroxyl groups excluding tert-OH is 4. The lowest BCUT2D eigenvalue weighted by Gasteiger charge is -2.45. The molecule has 0 radical (unpaired) electrons. The van der Waals surface area contributed by atoms with Crippen molar-refractivity contribution in [3.8, 4) is 0 Å². The number of hydrogen-bond acceptors (Lipinski definition) is 15. The standard InChI is InChI=1S/C47H84O16P2.2H3N/c1-3-5-7-9-11-13-15-17-19-20-22-24-26-28-30-32-34-36-41(49)61-39(37-59-40(48)35-33-31-29-27-25-23-21-18-16-14-12-10-8-6-4-2)38-60-65(57,58)63-47-44(52)42(50)46(43(51)45(47)53)62-64(54,55)56;;/h11,13,17,19,22,24,28,30,39,42-47,50-53H,3-10,12,14-16,18,20-21,23,25-27,29,31-38H2,1-2H3,(H,57,58)(H2,54,55,56);2*1H3/b13-11-,19-17-,24-22-,30-28-;;/t39-,42-,43+,44-,45-,46?,47?;;/m1../s1. The number of phosphoric acid groups is 2. The molecular weight excluding hydrogens is 910 g/mol. The number of ether oxygens (including phenoxy) is 2. The molecule has 1 rings (SSSR count). The summed E-state index contributed by atoms with van der Waals surface area (Å²) < 4.78 is 48.4. The van der Waals surface area contributed by atoms with Crippen molar-refractivity contribution in [3.05, 3.63) is 48.6 Å². The van der Waals surface area contributed by atoms with E-state index < -0.39 is 83.5 Å². The second-order valence-corrected chi connectivity index (χ2v) is 19.3. The third kappa shape index (κ3) is 35.6. The van der Waals surface area contributed by atoms with Gasteiger partial charge >= 0.3 is 11.9 Å². The van der Waals surface area contributed by atoms with E-state index in [4.69, 9.17) is 23.4 Å². The third-order valence-corrected chi connectivity index (χ3v) is 12.4. The van der Waals surface area contributed by atoms with Crippen molar-refractivity contribution in [2.24, 2.45) is 0 Å². The molecule has 0 aromatic carbocycles. The van der Waals surface area contributed by atoms with Crippen molar-refractivity contribution >= 4 is 27.6 Å². The second-order valence-electron chi connectivity index (χ2n) is 16.8. The maximum absolute atomic E-state index is 12.8. The monoisotopic (exact) mass is 1000 g/mol. The first-order chi connectivity index (χ1) is 31.1. The van der Waals surface area contributed by atoms with Gasteiger partial charge in [-0.15, -0.1) is 0 Å². The van der Waals surface area contributed by atoms with Crippen molar-refractivity contribution in [2.45, 2.75) is 224 Å². The van der Waals surface area contributed by atoms with Gasteiger partial charge in [0.1, 0.15) is 43.2 Å². The molecule has 0 aliphatic heterocycles. The Labute approximate surface area is 401 Å². The van der Waals surface area contributed by atoms with E-state index in [0.29, 0.717) is 19.3 Å². The Morgan fingerprint density at radius 3 is 1.34 bits per heavy atom. The molecule has 67 heavy (non-hydrogen) atoms. The minimum absolute atomic E-state index is 0. The van der Waals surface area contributed by atoms with E-state index >= 15 is 0 Å². The number of carbonyl (C=O) groups is 2. The topological polar surface area (TPSA) is 335 Å². The molecule has 394 valence electrons. The van der Waals surface area contributed by atoms with Crippen LogP contribution in [0.15, 0.2) is 48.6 Å². The summed E-state index contributed by atoms with van der Waals surface area (Å²) in [6, 6.07) is 0. The molecule has 18 nitrogen and oxygen atoms in total. The first kappa shape index (κ1) is 67.0. The maximum atomic E-state index is 12.8. The van der Waals surface area contributed by atoms with Crippen molar-refractivity contribution in [3.63, 3.8) is 0 Å². The number of hydrogen-bond donors (Lipinski definition) is 7. The van der Waals surface area contributed by atoms with Gasteiger partial charge < -0.3 is 70.5 Å². The molecule has 0 amide bonds. The van der Waals surface area contributed by atoms with Crippen LogP contribution in [0.5, 0.6) is 0 Å². The third-order valence-electron chi connectivity index (χ3n) is 10.9. The number of quaternary nitrogens is 2. The highest BCUT2D eigenvalue weighted by Crippen LogP contribution is 2.45. The molecule has 4 unspecified atom stereocenters. The molecule has 0 aromatic heterocycles. The van der Waals surface area contributed by atoms with Crippen LogP contribution in [-0.4, -0.2) is 93.2 Å². The molecule has 0 aromatic rings. The second kappa shape index (κ2) is 41.6. The zero-order valence-corrected chi connectivity index (χ0v) is 42.9. The quantitative estimate of drug-likeness (QED) is 0.0130. The first-order valence-electron chi connectivity index (χ1n) is 24.1. The van der Waals surface area contributed by atoms with Gasteiger partial charge in [-0.05, 0) is 51.4 Å². The van der Waals surface area contributed by atoms with Gasteiger partial charge in [0.2, 0.25) is 0 Å². The van der Waals surface area contributed by atoms with Crippen LogP contribution in [-0.2, 0) is 41.8 Å². The molecule has 1 aliphatic carbocycles. The number of allylic oxidation sites excluding steroid dienone is 8. The summed E-state index contributed by atoms with van der Waals surface area (Å²) in [7, 11) is -11.1. The summed E-state index contributed by atoms with van der Waals surface area (Å²) in [5.74, 6) is -1.30. The summed E-state index contributed by atoms with van der Waals surface area (Å²) in [5, 5.41) is 41.3. The van der Waals surface area contributed by atoms with Crippen LogP contribution in [0.2, 0.25) is 0 Å². The van der Waals surface area contributed by atoms with Crippen LogP contribution in [0.4, 0.5) is 0 Å². The molecule has 0 saturated heterocycles. The van der Waals surface area contributed by atoms with Crippen molar-refractivity contribution in [2.75, 3.05) is 13.2 Å². The smallest absolute Gasteiger partial charge is 0.306 e. The minimum atomic E-state index is -5.58. The Balaban J connectivity index is 0. The highest BCUT2D eigenvalue weighted by atomic mass is 31.2. The Morgan fingerprint density at radius 2 is 0.896 bits per heavy atom. The van der Waals surface area contributed by atoms with Crippen LogP contribution >= 0.6 is 15.6 Å². The summed E-state index contributed by atoms with van der Waals surface area (Å²) in [5.41, 5.74) is 0. The Morgan fingerprint density at radius 1 is 0.522 bits per heavy atom. The van der Waals surface area contributed by atoms with Crippen molar-refractivity contribution in [1.29, 1.82) is 0 Å². The fourth-order valence-corrected chi connectivity index (χ4v) is 8.64. The van der Waals surface area contributed by atoms with E-state index in [-0.39, 0.29) is 25.1 Å². The number of rotatable bonds is 40. The summed E-state index contributed by atoms with van der Waals surface area (Å²) >= 11 is 0. The highest BCUT2D eigenvalue weighted by molar-refractivity contribution is 7.46. The van der Waals surface area contributed by atoms with Gasteiger partial charge in [-0.25, -0.2) is 0 Å². The van der Waals surface area contributed by atoms with Crippen LogP contribution in [0, 0.1) is 0 Å². The van der Waals surface area contributed by atoms with Gasteiger partial charge in [0.25, 0.3) is 15.6 Å². The molecule has 13 N–H and O–H groups in total. The minimum Gasteiger partial charge on any atom is -0.756 e. The molecule has 0 heterocycles. The van der Waals surface area contributed by atoms with E-state index in [1.54, 1.807) is 0 Å². The summed E-state index contributed by atoms with van der Waals surface area (Å²) in [6.07, 6.45) is 27.2. The lowest BCUT2D eigenvalue weighted by atomic mass is 9.85. The van der Waals surface area contributed by atoms with Crippen molar-refractivity contribution in [1.82, 2.24) is 12.3 Å². The van der Waals surface area contributed by atoms with Crippen LogP contribution in [0.1, 0.15) is 181 Å². The van der Waals surface area contributed by atoms with Crippen LogP contribution < -0.4 is 22.1 Å². The van der Waals surface area contributed by atoms with Gasteiger partial charge in [0.05, 0.1) is 6.61 Å². The van der Waals surface area contributed by atoms with Gasteiger partial charge in [0.15, 0.2) is 6.10 Å². The van der Waals surface area contributed by atoms with Crippen LogP contribution in [0.25, 0.3) is 0 Å². The number of aliphatic hydroxyl groups is 4. The Kier molecular flexibility index (Phi) is 41.6. The fraction of sp³-hybridized carbons (Fsp3) is 0.787. The largest absolute Gasteiger partial charge is 0.756 e. The average Bonchev–Trinajstić information content (AvgIpc) is 3.26. The zero-order chi connectivity index (χ0) is 48.2. The van der Waals surface area contributed by atoms with Gasteiger partial charge in [-0.3, -0.25) is 18.7 Å². The molecule has 1 fully saturated rings. The first-order valence-corrected chi connectivity index (χ1v) is 27.1. The maximum Gasteiger partial charge on any atom is 0.306 e. The number of carbonyl (C=O) groups excluding carboxylic acids is 2. The lowest BCUT2D eigenvalue weighted by Crippen LogP contribution is -2.64. The van der Waals surface area contributed by atoms with E-state index in [0.717, 1.165) is 51.4 Å². The number of unbranched alkanes of at least 4 members (excludes halogenated alkanes) is 18. The normalized spacial score (nSPS) is 22.1. The molecule has 9 atom stereocenters. The summed E-state index contributed by atoms with van der Waals surface area (Å²) in [4.78, 5) is 58.3. The molecular formula is C47H90N2O16P2. The molecule has 0 spiro atoms. The summed E-state index contributed by atoms with van der Waals surface area (Å²) in [6.45, 7) is 2.96. The lowest BCUT2D eigenvalue weighted by molar-refractivity contribution is -0.271. The van der Waals surface area contributed by atoms with Gasteiger partial charge in [-0.2, -0.15) is 0 Å². The Bertz CT molecular complexity index is 1450. The SMILES string of the molecule is CCCCC/C=C\C/C=C\C/C=C\C/C=C\CCCC(=O)O[C@H](COC(=O)CCCCCCCCCCCCCCCCC)COP(=O)([O-])OC1[C@H](O)[C@H](O)C(OP(=O)([O-])O)[C@H](O)[C@H]1O.[NH4+].[NH4+]. The predicted octanol–water partition coefficient (Wildman–Crippen LogP) is 8.77. The highest BCUT2D eigenvalue weighted by Gasteiger charge is 2.52. The van der Waals surface area contributed by atoms with Crippen LogP contribution in [0.3, 0.4) is 0 Å². The van der Waals surface area contributed by atoms with E-state index in [1.807, 2.05) is 12.2 Å². The molecule has 20 heteroatoms. The number of esters is 2. The van der Waals surface area contributed by atoms with Crippen molar-refractivity contribution < 1.29 is 76.9 Å². The molecule has 1 aliphatic rings. The zero-order valence-electron chi connectivity index (χ0n) is 41.1. The van der Waals surface area contributed by atoms with Gasteiger partial charge in [0, 0.05) is 12.8 Å². The fourth-order valence-electron chi connectivity index (χ4n) is 7.12. The predicted molar refractivity (Wildman–Crippen MR) is 258 cm³/mol. The van der Waals surface area contributed by atoms with E-state index in [9.17, 15) is 48.9 Å². The average molecular weight is 1000 g/mol. The molecule has 0 bridgehead atoms.